The first-order chi connectivity index (χ1) is 14.0. The summed E-state index contributed by atoms with van der Waals surface area (Å²) in [7, 11) is 0. The number of benzene rings is 2. The van der Waals surface area contributed by atoms with Gasteiger partial charge in [-0.1, -0.05) is 42.5 Å². The van der Waals surface area contributed by atoms with Crippen molar-refractivity contribution in [1.82, 2.24) is 14.8 Å². The normalized spacial score (nSPS) is 11.1. The predicted octanol–water partition coefficient (Wildman–Crippen LogP) is 5.23. The summed E-state index contributed by atoms with van der Waals surface area (Å²) in [4.78, 5) is 17.0. The molecule has 0 aliphatic carbocycles. The number of hydrogen-bond acceptors (Lipinski definition) is 4. The first kappa shape index (κ1) is 19.3. The van der Waals surface area contributed by atoms with Gasteiger partial charge in [0.15, 0.2) is 5.13 Å². The molecular formula is C23H24N4OS. The van der Waals surface area contributed by atoms with Gasteiger partial charge in [-0.05, 0) is 62.1 Å². The van der Waals surface area contributed by atoms with E-state index in [0.717, 1.165) is 39.3 Å². The van der Waals surface area contributed by atoms with Crippen molar-refractivity contribution in [2.24, 2.45) is 0 Å². The molecule has 0 spiro atoms. The fraction of sp³-hybridized carbons (Fsp3) is 0.261. The molecule has 4 aromatic rings. The highest BCUT2D eigenvalue weighted by Crippen LogP contribution is 2.27. The summed E-state index contributed by atoms with van der Waals surface area (Å²) in [5.74, 6) is -0.0222. The van der Waals surface area contributed by atoms with Crippen LogP contribution in [-0.2, 0) is 17.6 Å². The van der Waals surface area contributed by atoms with Gasteiger partial charge in [-0.2, -0.15) is 5.10 Å². The predicted molar refractivity (Wildman–Crippen MR) is 119 cm³/mol. The summed E-state index contributed by atoms with van der Waals surface area (Å²) in [5.41, 5.74) is 6.41. The monoisotopic (exact) mass is 404 g/mol. The van der Waals surface area contributed by atoms with Crippen LogP contribution in [0.2, 0.25) is 0 Å². The molecule has 0 atom stereocenters. The first-order valence-corrected chi connectivity index (χ1v) is 10.7. The van der Waals surface area contributed by atoms with Crippen molar-refractivity contribution in [3.63, 3.8) is 0 Å². The van der Waals surface area contributed by atoms with Gasteiger partial charge in [0, 0.05) is 12.1 Å². The number of rotatable bonds is 6. The Kier molecular flexibility index (Phi) is 5.45. The molecule has 0 saturated heterocycles. The summed E-state index contributed by atoms with van der Waals surface area (Å²) in [6, 6.07) is 16.3. The Hall–Kier alpha value is -2.99. The van der Waals surface area contributed by atoms with E-state index < -0.39 is 0 Å². The molecular weight excluding hydrogens is 380 g/mol. The Labute approximate surface area is 174 Å². The summed E-state index contributed by atoms with van der Waals surface area (Å²) in [6.45, 7) is 6.19. The van der Waals surface area contributed by atoms with Crippen LogP contribution >= 0.6 is 11.3 Å². The molecule has 6 heteroatoms. The van der Waals surface area contributed by atoms with Crippen LogP contribution in [0.4, 0.5) is 5.13 Å². The largest absolute Gasteiger partial charge is 0.302 e. The molecule has 0 fully saturated rings. The molecule has 2 aromatic heterocycles. The number of aryl methyl sites for hydroxylation is 2. The number of nitrogens with one attached hydrogen (secondary N) is 1. The molecule has 0 aliphatic heterocycles. The van der Waals surface area contributed by atoms with Crippen molar-refractivity contribution in [2.45, 2.75) is 40.0 Å². The Morgan fingerprint density at radius 1 is 1.14 bits per heavy atom. The highest BCUT2D eigenvalue weighted by atomic mass is 32.1. The number of aromatic nitrogens is 3. The minimum atomic E-state index is -0.0222. The number of carbonyl (C=O) groups excluding carboxylic acids is 1. The molecule has 2 heterocycles. The van der Waals surface area contributed by atoms with Crippen molar-refractivity contribution in [3.8, 4) is 5.69 Å². The molecule has 0 radical (unpaired) electrons. The zero-order valence-electron chi connectivity index (χ0n) is 16.9. The minimum absolute atomic E-state index is 0.0222. The van der Waals surface area contributed by atoms with Gasteiger partial charge in [0.2, 0.25) is 5.91 Å². The highest BCUT2D eigenvalue weighted by Gasteiger charge is 2.15. The van der Waals surface area contributed by atoms with Crippen molar-refractivity contribution in [2.75, 3.05) is 5.32 Å². The van der Waals surface area contributed by atoms with Crippen LogP contribution in [0.1, 0.15) is 35.9 Å². The molecule has 4 rings (SSSR count). The maximum Gasteiger partial charge on any atom is 0.226 e. The van der Waals surface area contributed by atoms with E-state index in [9.17, 15) is 4.79 Å². The van der Waals surface area contributed by atoms with Crippen LogP contribution in [0.25, 0.3) is 15.9 Å². The maximum absolute atomic E-state index is 12.5. The molecule has 29 heavy (non-hydrogen) atoms. The Morgan fingerprint density at radius 3 is 2.69 bits per heavy atom. The zero-order valence-corrected chi connectivity index (χ0v) is 17.7. The molecule has 0 aliphatic rings. The molecule has 0 unspecified atom stereocenters. The van der Waals surface area contributed by atoms with E-state index in [4.69, 9.17) is 0 Å². The number of hydrogen-bond donors (Lipinski definition) is 1. The summed E-state index contributed by atoms with van der Waals surface area (Å²) >= 11 is 1.52. The van der Waals surface area contributed by atoms with Crippen LogP contribution < -0.4 is 5.32 Å². The average Bonchev–Trinajstić information content (AvgIpc) is 3.26. The lowest BCUT2D eigenvalue weighted by Gasteiger charge is -2.05. The van der Waals surface area contributed by atoms with Crippen LogP contribution in [0, 0.1) is 13.8 Å². The summed E-state index contributed by atoms with van der Waals surface area (Å²) < 4.78 is 3.05. The Bertz CT molecular complexity index is 1160. The zero-order chi connectivity index (χ0) is 20.4. The number of anilines is 1. The summed E-state index contributed by atoms with van der Waals surface area (Å²) in [5, 5.41) is 8.28. The fourth-order valence-electron chi connectivity index (χ4n) is 3.52. The fourth-order valence-corrected chi connectivity index (χ4v) is 4.47. The van der Waals surface area contributed by atoms with Crippen LogP contribution in [0.5, 0.6) is 0 Å². The van der Waals surface area contributed by atoms with Crippen LogP contribution in [-0.4, -0.2) is 20.7 Å². The third-order valence-electron chi connectivity index (χ3n) is 5.15. The Morgan fingerprint density at radius 2 is 1.93 bits per heavy atom. The highest BCUT2D eigenvalue weighted by molar-refractivity contribution is 7.22. The number of fused-ring (bicyclic) bond motifs is 1. The quantitative estimate of drug-likeness (QED) is 0.478. The van der Waals surface area contributed by atoms with Gasteiger partial charge < -0.3 is 5.32 Å². The van der Waals surface area contributed by atoms with Gasteiger partial charge in [0.05, 0.1) is 21.6 Å². The lowest BCUT2D eigenvalue weighted by molar-refractivity contribution is -0.116. The third kappa shape index (κ3) is 4.07. The van der Waals surface area contributed by atoms with E-state index >= 15 is 0 Å². The number of thiazole rings is 1. The first-order valence-electron chi connectivity index (χ1n) is 9.85. The second kappa shape index (κ2) is 8.17. The molecule has 1 N–H and O–H groups in total. The smallest absolute Gasteiger partial charge is 0.226 e. The van der Waals surface area contributed by atoms with Crippen LogP contribution in [0.3, 0.4) is 0 Å². The van der Waals surface area contributed by atoms with Gasteiger partial charge in [0.25, 0.3) is 0 Å². The third-order valence-corrected chi connectivity index (χ3v) is 6.09. The molecule has 0 bridgehead atoms. The van der Waals surface area contributed by atoms with E-state index in [-0.39, 0.29) is 5.91 Å². The number of amides is 1. The molecule has 5 nitrogen and oxygen atoms in total. The second-order valence-electron chi connectivity index (χ2n) is 7.12. The molecule has 148 valence electrons. The van der Waals surface area contributed by atoms with E-state index in [0.29, 0.717) is 18.0 Å². The van der Waals surface area contributed by atoms with Crippen molar-refractivity contribution in [3.05, 3.63) is 71.0 Å². The lowest BCUT2D eigenvalue weighted by atomic mass is 10.1. The van der Waals surface area contributed by atoms with Gasteiger partial charge >= 0.3 is 0 Å². The summed E-state index contributed by atoms with van der Waals surface area (Å²) in [6.07, 6.45) is 2.05. The second-order valence-corrected chi connectivity index (χ2v) is 8.15. The number of nitrogens with zero attached hydrogens (tertiary/aromatic N) is 3. The van der Waals surface area contributed by atoms with E-state index in [1.165, 1.54) is 16.9 Å². The van der Waals surface area contributed by atoms with Crippen molar-refractivity contribution >= 4 is 32.6 Å². The van der Waals surface area contributed by atoms with E-state index in [2.05, 4.69) is 41.4 Å². The standard InChI is InChI=1S/C23H24N4OS/c1-4-17-10-12-20-21(14-17)29-23(24-20)25-22(28)13-11-19-15(2)26-27(16(19)3)18-8-6-5-7-9-18/h5-10,12,14H,4,11,13H2,1-3H3,(H,24,25,28). The van der Waals surface area contributed by atoms with E-state index in [1.54, 1.807) is 0 Å². The topological polar surface area (TPSA) is 59.8 Å². The van der Waals surface area contributed by atoms with Gasteiger partial charge in [-0.25, -0.2) is 9.67 Å². The van der Waals surface area contributed by atoms with Gasteiger partial charge in [-0.15, -0.1) is 0 Å². The number of para-hydroxylation sites is 1. The van der Waals surface area contributed by atoms with E-state index in [1.807, 2.05) is 48.0 Å². The minimum Gasteiger partial charge on any atom is -0.302 e. The molecule has 0 saturated carbocycles. The average molecular weight is 405 g/mol. The maximum atomic E-state index is 12.5. The number of carbonyl (C=O) groups is 1. The van der Waals surface area contributed by atoms with Crippen molar-refractivity contribution < 1.29 is 4.79 Å². The SMILES string of the molecule is CCc1ccc2nc(NC(=O)CCc3c(C)nn(-c4ccccc4)c3C)sc2c1. The van der Waals surface area contributed by atoms with Crippen molar-refractivity contribution in [1.29, 1.82) is 0 Å². The van der Waals surface area contributed by atoms with Gasteiger partial charge in [0.1, 0.15) is 0 Å². The molecule has 1 amide bonds. The Balaban J connectivity index is 1.44. The lowest BCUT2D eigenvalue weighted by Crippen LogP contribution is -2.12. The van der Waals surface area contributed by atoms with Gasteiger partial charge in [-0.3, -0.25) is 4.79 Å². The molecule has 2 aromatic carbocycles. The van der Waals surface area contributed by atoms with Crippen LogP contribution in [0.15, 0.2) is 48.5 Å².